The number of nitro benzene ring substituents is 1. The molecule has 8 heteroatoms. The molecule has 2 aromatic carbocycles. The van der Waals surface area contributed by atoms with Gasteiger partial charge < -0.3 is 4.74 Å². The molecule has 2 rings (SSSR count). The predicted molar refractivity (Wildman–Crippen MR) is 73.8 cm³/mol. The highest BCUT2D eigenvalue weighted by Gasteiger charge is 2.20. The molecule has 5 nitrogen and oxygen atoms in total. The maximum atomic E-state index is 13.6. The first-order valence-electron chi connectivity index (χ1n) is 5.96. The molecule has 114 valence electrons. The SMILES string of the molecule is O=C(Cc1c(F)cccc1Cl)Oc1cc(F)ccc1[N+](=O)[O-]. The van der Waals surface area contributed by atoms with Gasteiger partial charge in [-0.3, -0.25) is 14.9 Å². The summed E-state index contributed by atoms with van der Waals surface area (Å²) >= 11 is 5.77. The van der Waals surface area contributed by atoms with Gasteiger partial charge in [-0.25, -0.2) is 8.78 Å². The summed E-state index contributed by atoms with van der Waals surface area (Å²) in [6.45, 7) is 0. The van der Waals surface area contributed by atoms with Crippen molar-refractivity contribution in [1.29, 1.82) is 0 Å². The second kappa shape index (κ2) is 6.48. The predicted octanol–water partition coefficient (Wildman–Crippen LogP) is 3.67. The van der Waals surface area contributed by atoms with Crippen LogP contribution < -0.4 is 4.74 Å². The highest BCUT2D eigenvalue weighted by molar-refractivity contribution is 6.31. The van der Waals surface area contributed by atoms with Crippen LogP contribution in [0.3, 0.4) is 0 Å². The van der Waals surface area contributed by atoms with Gasteiger partial charge in [0.15, 0.2) is 0 Å². The summed E-state index contributed by atoms with van der Waals surface area (Å²) < 4.78 is 31.4. The van der Waals surface area contributed by atoms with Crippen LogP contribution in [0.15, 0.2) is 36.4 Å². The van der Waals surface area contributed by atoms with Crippen LogP contribution in [0.5, 0.6) is 5.75 Å². The van der Waals surface area contributed by atoms with Gasteiger partial charge in [-0.2, -0.15) is 0 Å². The van der Waals surface area contributed by atoms with Gasteiger partial charge >= 0.3 is 11.7 Å². The molecule has 0 saturated heterocycles. The fourth-order valence-electron chi connectivity index (χ4n) is 1.72. The molecule has 0 N–H and O–H groups in total. The normalized spacial score (nSPS) is 10.3. The van der Waals surface area contributed by atoms with E-state index >= 15 is 0 Å². The van der Waals surface area contributed by atoms with Gasteiger partial charge in [-0.05, 0) is 18.2 Å². The standard InChI is InChI=1S/C14H8ClF2NO4/c15-10-2-1-3-11(17)9(10)7-14(19)22-13-6-8(16)4-5-12(13)18(20)21/h1-6H,7H2. The number of hydrogen-bond donors (Lipinski definition) is 0. The Morgan fingerprint density at radius 3 is 2.64 bits per heavy atom. The maximum Gasteiger partial charge on any atom is 0.316 e. The van der Waals surface area contributed by atoms with Crippen molar-refractivity contribution in [3.05, 3.63) is 68.7 Å². The quantitative estimate of drug-likeness (QED) is 0.372. The molecule has 0 fully saturated rings. The van der Waals surface area contributed by atoms with E-state index in [9.17, 15) is 23.7 Å². The van der Waals surface area contributed by atoms with E-state index in [0.29, 0.717) is 6.07 Å². The first-order valence-corrected chi connectivity index (χ1v) is 6.34. The molecule has 22 heavy (non-hydrogen) atoms. The lowest BCUT2D eigenvalue weighted by molar-refractivity contribution is -0.385. The lowest BCUT2D eigenvalue weighted by atomic mass is 10.1. The second-order valence-electron chi connectivity index (χ2n) is 4.22. The smallest absolute Gasteiger partial charge is 0.316 e. The summed E-state index contributed by atoms with van der Waals surface area (Å²) in [5, 5.41) is 10.8. The number of esters is 1. The zero-order chi connectivity index (χ0) is 16.3. The average Bonchev–Trinajstić information content (AvgIpc) is 2.43. The van der Waals surface area contributed by atoms with E-state index in [1.54, 1.807) is 0 Å². The summed E-state index contributed by atoms with van der Waals surface area (Å²) in [5.41, 5.74) is -0.678. The Morgan fingerprint density at radius 2 is 2.00 bits per heavy atom. The molecule has 0 bridgehead atoms. The third-order valence-corrected chi connectivity index (χ3v) is 3.08. The molecule has 0 radical (unpaired) electrons. The van der Waals surface area contributed by atoms with Gasteiger partial charge in [-0.15, -0.1) is 0 Å². The molecule has 0 heterocycles. The van der Waals surface area contributed by atoms with Crippen molar-refractivity contribution in [1.82, 2.24) is 0 Å². The Morgan fingerprint density at radius 1 is 1.27 bits per heavy atom. The van der Waals surface area contributed by atoms with Crippen molar-refractivity contribution in [2.45, 2.75) is 6.42 Å². The van der Waals surface area contributed by atoms with E-state index in [1.165, 1.54) is 12.1 Å². The minimum Gasteiger partial charge on any atom is -0.419 e. The van der Waals surface area contributed by atoms with Crippen LogP contribution >= 0.6 is 11.6 Å². The third kappa shape index (κ3) is 3.56. The Labute approximate surface area is 128 Å². The molecular weight excluding hydrogens is 320 g/mol. The van der Waals surface area contributed by atoms with E-state index < -0.39 is 40.4 Å². The number of nitro groups is 1. The van der Waals surface area contributed by atoms with Gasteiger partial charge in [0, 0.05) is 22.7 Å². The van der Waals surface area contributed by atoms with E-state index in [1.807, 2.05) is 0 Å². The zero-order valence-electron chi connectivity index (χ0n) is 10.9. The second-order valence-corrected chi connectivity index (χ2v) is 4.63. The number of benzene rings is 2. The molecular formula is C14H8ClF2NO4. The highest BCUT2D eigenvalue weighted by Crippen LogP contribution is 2.28. The van der Waals surface area contributed by atoms with Crippen molar-refractivity contribution >= 4 is 23.3 Å². The monoisotopic (exact) mass is 327 g/mol. The van der Waals surface area contributed by atoms with Crippen molar-refractivity contribution in [3.8, 4) is 5.75 Å². The van der Waals surface area contributed by atoms with Crippen LogP contribution in [0.25, 0.3) is 0 Å². The fourth-order valence-corrected chi connectivity index (χ4v) is 1.95. The molecule has 0 spiro atoms. The summed E-state index contributed by atoms with van der Waals surface area (Å²) in [6, 6.07) is 6.30. The molecule has 2 aromatic rings. The largest absolute Gasteiger partial charge is 0.419 e. The van der Waals surface area contributed by atoms with Crippen LogP contribution in [0.1, 0.15) is 5.56 Å². The van der Waals surface area contributed by atoms with Gasteiger partial charge in [-0.1, -0.05) is 17.7 Å². The lowest BCUT2D eigenvalue weighted by Crippen LogP contribution is -2.13. The molecule has 0 aliphatic heterocycles. The van der Waals surface area contributed by atoms with E-state index in [0.717, 1.165) is 18.2 Å². The number of nitrogens with zero attached hydrogens (tertiary/aromatic N) is 1. The van der Waals surface area contributed by atoms with Crippen molar-refractivity contribution in [2.24, 2.45) is 0 Å². The van der Waals surface area contributed by atoms with Crippen molar-refractivity contribution < 1.29 is 23.2 Å². The summed E-state index contributed by atoms with van der Waals surface area (Å²) in [6.07, 6.45) is -0.542. The van der Waals surface area contributed by atoms with Gasteiger partial charge in [0.05, 0.1) is 11.3 Å². The highest BCUT2D eigenvalue weighted by atomic mass is 35.5. The maximum absolute atomic E-state index is 13.6. The molecule has 0 unspecified atom stereocenters. The van der Waals surface area contributed by atoms with Gasteiger partial charge in [0.1, 0.15) is 11.6 Å². The molecule has 0 aliphatic carbocycles. The number of halogens is 3. The Bertz CT molecular complexity index is 731. The number of hydrogen-bond acceptors (Lipinski definition) is 4. The third-order valence-electron chi connectivity index (χ3n) is 2.73. The average molecular weight is 328 g/mol. The summed E-state index contributed by atoms with van der Waals surface area (Å²) in [7, 11) is 0. The molecule has 0 saturated carbocycles. The zero-order valence-corrected chi connectivity index (χ0v) is 11.6. The Balaban J connectivity index is 2.23. The summed E-state index contributed by atoms with van der Waals surface area (Å²) in [4.78, 5) is 21.8. The van der Waals surface area contributed by atoms with E-state index in [4.69, 9.17) is 16.3 Å². The fraction of sp³-hybridized carbons (Fsp3) is 0.0714. The molecule has 0 atom stereocenters. The van der Waals surface area contributed by atoms with Crippen LogP contribution in [-0.2, 0) is 11.2 Å². The van der Waals surface area contributed by atoms with Gasteiger partial charge in [0.2, 0.25) is 5.75 Å². The Hall–Kier alpha value is -2.54. The van der Waals surface area contributed by atoms with Crippen molar-refractivity contribution in [2.75, 3.05) is 0 Å². The van der Waals surface area contributed by atoms with Crippen LogP contribution in [0.4, 0.5) is 14.5 Å². The Kier molecular flexibility index (Phi) is 4.67. The van der Waals surface area contributed by atoms with Gasteiger partial charge in [0.25, 0.3) is 0 Å². The van der Waals surface area contributed by atoms with Crippen molar-refractivity contribution in [3.63, 3.8) is 0 Å². The number of carbonyl (C=O) groups excluding carboxylic acids is 1. The molecule has 0 aromatic heterocycles. The number of rotatable bonds is 4. The van der Waals surface area contributed by atoms with Crippen LogP contribution in [-0.4, -0.2) is 10.9 Å². The van der Waals surface area contributed by atoms with Crippen LogP contribution in [0, 0.1) is 21.7 Å². The molecule has 0 aliphatic rings. The van der Waals surface area contributed by atoms with Crippen LogP contribution in [0.2, 0.25) is 5.02 Å². The minimum absolute atomic E-state index is 0.0192. The first kappa shape index (κ1) is 15.8. The number of carbonyl (C=O) groups is 1. The minimum atomic E-state index is -0.999. The lowest BCUT2D eigenvalue weighted by Gasteiger charge is -2.07. The topological polar surface area (TPSA) is 69.4 Å². The number of ether oxygens (including phenoxy) is 1. The molecule has 0 amide bonds. The first-order chi connectivity index (χ1) is 10.4. The van der Waals surface area contributed by atoms with E-state index in [-0.39, 0.29) is 10.6 Å². The van der Waals surface area contributed by atoms with E-state index in [2.05, 4.69) is 0 Å². The summed E-state index contributed by atoms with van der Waals surface area (Å²) in [5.74, 6) is -3.07.